The van der Waals surface area contributed by atoms with Crippen molar-refractivity contribution in [3.05, 3.63) is 35.6 Å². The molecule has 1 aromatic carbocycles. The van der Waals surface area contributed by atoms with Gasteiger partial charge in [-0.05, 0) is 30.7 Å². The molecule has 0 N–H and O–H groups in total. The van der Waals surface area contributed by atoms with Crippen molar-refractivity contribution < 1.29 is 9.18 Å². The third-order valence-electron chi connectivity index (χ3n) is 4.01. The average molecular weight is 321 g/mol. The third-order valence-corrected chi connectivity index (χ3v) is 5.28. The maximum Gasteiger partial charge on any atom is 0.266 e. The molecule has 4 nitrogen and oxygen atoms in total. The number of piperazine rings is 1. The van der Waals surface area contributed by atoms with Gasteiger partial charge in [0.15, 0.2) is 5.17 Å². The Kier molecular flexibility index (Phi) is 4.78. The number of carbonyl (C=O) groups is 1. The fourth-order valence-electron chi connectivity index (χ4n) is 2.81. The van der Waals surface area contributed by atoms with Crippen molar-refractivity contribution in [2.45, 2.75) is 18.6 Å². The molecular weight excluding hydrogens is 301 g/mol. The average Bonchev–Trinajstić information content (AvgIpc) is 2.91. The quantitative estimate of drug-likeness (QED) is 0.857. The van der Waals surface area contributed by atoms with Crippen molar-refractivity contribution in [2.75, 3.05) is 32.7 Å². The number of hydrogen-bond acceptors (Lipinski definition) is 4. The molecule has 1 aromatic rings. The molecule has 118 valence electrons. The monoisotopic (exact) mass is 321 g/mol. The van der Waals surface area contributed by atoms with Crippen LogP contribution in [-0.2, 0) is 4.79 Å². The van der Waals surface area contributed by atoms with Gasteiger partial charge >= 0.3 is 0 Å². The van der Waals surface area contributed by atoms with Crippen LogP contribution in [0, 0.1) is 5.82 Å². The number of thioether (sulfide) groups is 1. The van der Waals surface area contributed by atoms with Crippen molar-refractivity contribution in [3.8, 4) is 0 Å². The van der Waals surface area contributed by atoms with Crippen molar-refractivity contribution in [2.24, 2.45) is 4.99 Å². The molecule has 2 heterocycles. The molecule has 2 aliphatic rings. The van der Waals surface area contributed by atoms with Gasteiger partial charge in [0.05, 0.1) is 0 Å². The van der Waals surface area contributed by atoms with Crippen molar-refractivity contribution in [3.63, 3.8) is 0 Å². The topological polar surface area (TPSA) is 35.9 Å². The molecule has 0 saturated carbocycles. The summed E-state index contributed by atoms with van der Waals surface area (Å²) in [6.07, 6.45) is 1.17. The van der Waals surface area contributed by atoms with E-state index in [9.17, 15) is 9.18 Å². The van der Waals surface area contributed by atoms with E-state index in [1.807, 2.05) is 0 Å². The molecule has 0 aliphatic carbocycles. The first kappa shape index (κ1) is 15.5. The Morgan fingerprint density at radius 3 is 2.55 bits per heavy atom. The Morgan fingerprint density at radius 1 is 1.23 bits per heavy atom. The van der Waals surface area contributed by atoms with E-state index in [0.29, 0.717) is 0 Å². The summed E-state index contributed by atoms with van der Waals surface area (Å²) in [5.41, 5.74) is 0.819. The highest BCUT2D eigenvalue weighted by Gasteiger charge is 2.33. The summed E-state index contributed by atoms with van der Waals surface area (Å²) >= 11 is 1.48. The second-order valence-electron chi connectivity index (χ2n) is 5.61. The van der Waals surface area contributed by atoms with Crippen LogP contribution in [-0.4, -0.2) is 53.6 Å². The Labute approximate surface area is 134 Å². The van der Waals surface area contributed by atoms with E-state index in [2.05, 4.69) is 21.7 Å². The van der Waals surface area contributed by atoms with E-state index < -0.39 is 0 Å². The van der Waals surface area contributed by atoms with Gasteiger partial charge in [0, 0.05) is 26.2 Å². The molecule has 0 aromatic heterocycles. The summed E-state index contributed by atoms with van der Waals surface area (Å²) < 4.78 is 13.0. The maximum atomic E-state index is 13.0. The fourth-order valence-corrected chi connectivity index (χ4v) is 3.94. The zero-order valence-corrected chi connectivity index (χ0v) is 13.5. The van der Waals surface area contributed by atoms with Gasteiger partial charge in [0.2, 0.25) is 0 Å². The van der Waals surface area contributed by atoms with Gasteiger partial charge in [0.1, 0.15) is 11.1 Å². The van der Waals surface area contributed by atoms with Gasteiger partial charge in [-0.15, -0.1) is 0 Å². The van der Waals surface area contributed by atoms with Crippen LogP contribution in [0.3, 0.4) is 0 Å². The third kappa shape index (κ3) is 3.33. The number of hydrogen-bond donors (Lipinski definition) is 0. The molecule has 1 amide bonds. The number of nitrogens with zero attached hydrogens (tertiary/aromatic N) is 3. The smallest absolute Gasteiger partial charge is 0.266 e. The van der Waals surface area contributed by atoms with Crippen molar-refractivity contribution in [1.29, 1.82) is 0 Å². The van der Waals surface area contributed by atoms with Gasteiger partial charge in [-0.3, -0.25) is 9.69 Å². The predicted octanol–water partition coefficient (Wildman–Crippen LogP) is 2.52. The van der Waals surface area contributed by atoms with Crippen LogP contribution in [0.5, 0.6) is 0 Å². The lowest BCUT2D eigenvalue weighted by atomic mass is 10.1. The van der Waals surface area contributed by atoms with E-state index in [4.69, 9.17) is 0 Å². The molecule has 22 heavy (non-hydrogen) atoms. The van der Waals surface area contributed by atoms with E-state index in [1.165, 1.54) is 30.3 Å². The number of rotatable bonds is 3. The minimum Gasteiger partial charge on any atom is -0.348 e. The van der Waals surface area contributed by atoms with Crippen LogP contribution in [0.15, 0.2) is 29.3 Å². The fraction of sp³-hybridized carbons (Fsp3) is 0.500. The van der Waals surface area contributed by atoms with Gasteiger partial charge < -0.3 is 4.90 Å². The number of carbonyl (C=O) groups excluding carboxylic acids is 1. The van der Waals surface area contributed by atoms with E-state index in [-0.39, 0.29) is 17.0 Å². The number of aliphatic imine (C=N–C) groups is 1. The first-order valence-corrected chi connectivity index (χ1v) is 8.57. The Hall–Kier alpha value is -1.40. The van der Waals surface area contributed by atoms with Crippen molar-refractivity contribution >= 4 is 22.8 Å². The van der Waals surface area contributed by atoms with Crippen LogP contribution in [0.2, 0.25) is 0 Å². The predicted molar refractivity (Wildman–Crippen MR) is 87.5 cm³/mol. The second kappa shape index (κ2) is 6.79. The first-order valence-electron chi connectivity index (χ1n) is 7.69. The Morgan fingerprint density at radius 2 is 1.91 bits per heavy atom. The molecule has 6 heteroatoms. The van der Waals surface area contributed by atoms with Crippen molar-refractivity contribution in [1.82, 2.24) is 9.80 Å². The zero-order valence-electron chi connectivity index (χ0n) is 12.7. The summed E-state index contributed by atoms with van der Waals surface area (Å²) in [6.45, 7) is 7.18. The lowest BCUT2D eigenvalue weighted by Gasteiger charge is -2.35. The molecule has 1 fully saturated rings. The molecule has 1 unspecified atom stereocenters. The zero-order chi connectivity index (χ0) is 15.5. The number of amides is 1. The molecular formula is C16H20FN3OS. The number of benzene rings is 1. The summed E-state index contributed by atoms with van der Waals surface area (Å²) in [5.74, 6) is -0.421. The normalized spacial score (nSPS) is 23.0. The van der Waals surface area contributed by atoms with E-state index in [0.717, 1.165) is 43.5 Å². The first-order chi connectivity index (χ1) is 10.7. The van der Waals surface area contributed by atoms with E-state index >= 15 is 0 Å². The Balaban J connectivity index is 1.62. The van der Waals surface area contributed by atoms with Crippen LogP contribution in [0.4, 0.5) is 4.39 Å². The highest BCUT2D eigenvalue weighted by atomic mass is 32.2. The molecule has 2 aliphatic heterocycles. The van der Waals surface area contributed by atoms with Gasteiger partial charge in [0.25, 0.3) is 5.91 Å². The molecule has 0 bridgehead atoms. The molecule has 0 spiro atoms. The molecule has 0 radical (unpaired) electrons. The minimum absolute atomic E-state index is 0.136. The number of halogens is 1. The second-order valence-corrected chi connectivity index (χ2v) is 6.68. The summed E-state index contributed by atoms with van der Waals surface area (Å²) in [4.78, 5) is 21.0. The molecule has 3 rings (SSSR count). The van der Waals surface area contributed by atoms with Crippen LogP contribution in [0.1, 0.15) is 24.2 Å². The minimum atomic E-state index is -0.329. The maximum absolute atomic E-state index is 13.0. The molecule has 1 saturated heterocycles. The van der Waals surface area contributed by atoms with Crippen LogP contribution >= 0.6 is 11.8 Å². The van der Waals surface area contributed by atoms with Gasteiger partial charge in [-0.25, -0.2) is 4.39 Å². The summed E-state index contributed by atoms with van der Waals surface area (Å²) in [7, 11) is 0. The van der Waals surface area contributed by atoms with E-state index in [1.54, 1.807) is 12.1 Å². The van der Waals surface area contributed by atoms with Gasteiger partial charge in [-0.2, -0.15) is 4.99 Å². The van der Waals surface area contributed by atoms with Crippen LogP contribution < -0.4 is 0 Å². The molecule has 1 atom stereocenters. The number of amidine groups is 1. The Bertz CT molecular complexity index is 567. The lowest BCUT2D eigenvalue weighted by Crippen LogP contribution is -2.47. The standard InChI is InChI=1S/C16H20FN3OS/c1-2-7-19-8-10-20(11-9-19)16-18-15(21)14(22-16)12-3-5-13(17)6-4-12/h3-6,14H,2,7-11H2,1H3. The summed E-state index contributed by atoms with van der Waals surface area (Å²) in [6, 6.07) is 6.13. The summed E-state index contributed by atoms with van der Waals surface area (Å²) in [5, 5.41) is 0.486. The highest BCUT2D eigenvalue weighted by molar-refractivity contribution is 8.15. The van der Waals surface area contributed by atoms with Gasteiger partial charge in [-0.1, -0.05) is 30.8 Å². The van der Waals surface area contributed by atoms with Crippen LogP contribution in [0.25, 0.3) is 0 Å². The highest BCUT2D eigenvalue weighted by Crippen LogP contribution is 2.37. The largest absolute Gasteiger partial charge is 0.348 e. The lowest BCUT2D eigenvalue weighted by molar-refractivity contribution is -0.117. The SMILES string of the molecule is CCCN1CCN(C2=NC(=O)C(c3ccc(F)cc3)S2)CC1.